The van der Waals surface area contributed by atoms with Gasteiger partial charge in [0, 0.05) is 19.1 Å². The lowest BCUT2D eigenvalue weighted by Crippen LogP contribution is -2.19. The molecule has 15 heavy (non-hydrogen) atoms. The van der Waals surface area contributed by atoms with Gasteiger partial charge in [-0.05, 0) is 6.42 Å². The maximum atomic E-state index is 10.1. The molecule has 1 aliphatic heterocycles. The van der Waals surface area contributed by atoms with Crippen molar-refractivity contribution in [1.82, 2.24) is 5.32 Å². The molecule has 0 radical (unpaired) electrons. The SMILES string of the molecule is CCCCOC(C)=O.O=C1C=CC(=O)N1. The van der Waals surface area contributed by atoms with Gasteiger partial charge in [0.1, 0.15) is 0 Å². The third-order valence-electron chi connectivity index (χ3n) is 1.44. The van der Waals surface area contributed by atoms with Gasteiger partial charge in [-0.1, -0.05) is 13.3 Å². The van der Waals surface area contributed by atoms with Crippen LogP contribution in [0.25, 0.3) is 0 Å². The summed E-state index contributed by atoms with van der Waals surface area (Å²) in [7, 11) is 0. The molecule has 1 heterocycles. The summed E-state index contributed by atoms with van der Waals surface area (Å²) in [4.78, 5) is 30.2. The number of esters is 1. The van der Waals surface area contributed by atoms with E-state index in [2.05, 4.69) is 11.7 Å². The standard InChI is InChI=1S/C6H12O2.C4H3NO2/c1-3-4-5-8-6(2)7;6-3-1-2-4(7)5-3/h3-5H2,1-2H3;1-2H,(H,5,6,7). The van der Waals surface area contributed by atoms with Crippen molar-refractivity contribution in [1.29, 1.82) is 0 Å². The minimum Gasteiger partial charge on any atom is -0.466 e. The van der Waals surface area contributed by atoms with Crippen LogP contribution in [0.5, 0.6) is 0 Å². The molecule has 0 atom stereocenters. The van der Waals surface area contributed by atoms with Gasteiger partial charge in [-0.25, -0.2) is 0 Å². The number of carbonyl (C=O) groups is 3. The molecule has 2 amide bonds. The molecule has 0 aromatic carbocycles. The Balaban J connectivity index is 0.000000262. The number of ether oxygens (including phenoxy) is 1. The van der Waals surface area contributed by atoms with Crippen LogP contribution in [0.15, 0.2) is 12.2 Å². The normalized spacial score (nSPS) is 12.9. The van der Waals surface area contributed by atoms with Gasteiger partial charge in [0.05, 0.1) is 6.61 Å². The van der Waals surface area contributed by atoms with Crippen LogP contribution in [0.2, 0.25) is 0 Å². The fourth-order valence-corrected chi connectivity index (χ4v) is 0.716. The second-order valence-electron chi connectivity index (χ2n) is 2.88. The highest BCUT2D eigenvalue weighted by molar-refractivity contribution is 6.12. The highest BCUT2D eigenvalue weighted by Crippen LogP contribution is 1.86. The quantitative estimate of drug-likeness (QED) is 0.422. The van der Waals surface area contributed by atoms with Gasteiger partial charge in [0.15, 0.2) is 0 Å². The van der Waals surface area contributed by atoms with Gasteiger partial charge in [0.2, 0.25) is 0 Å². The van der Waals surface area contributed by atoms with E-state index < -0.39 is 0 Å². The second-order valence-corrected chi connectivity index (χ2v) is 2.88. The van der Waals surface area contributed by atoms with Crippen LogP contribution in [-0.2, 0) is 19.1 Å². The first-order chi connectivity index (χ1) is 7.06. The van der Waals surface area contributed by atoms with Gasteiger partial charge in [-0.3, -0.25) is 19.7 Å². The van der Waals surface area contributed by atoms with Crippen LogP contribution >= 0.6 is 0 Å². The Morgan fingerprint density at radius 2 is 1.87 bits per heavy atom. The van der Waals surface area contributed by atoms with Gasteiger partial charge in [0.25, 0.3) is 11.8 Å². The fourth-order valence-electron chi connectivity index (χ4n) is 0.716. The van der Waals surface area contributed by atoms with Crippen LogP contribution < -0.4 is 5.32 Å². The first kappa shape index (κ1) is 13.4. The molecule has 84 valence electrons. The van der Waals surface area contributed by atoms with Crippen molar-refractivity contribution in [2.24, 2.45) is 0 Å². The number of unbranched alkanes of at least 4 members (excludes halogenated alkanes) is 1. The van der Waals surface area contributed by atoms with Crippen LogP contribution in [0, 0.1) is 0 Å². The van der Waals surface area contributed by atoms with E-state index in [0.717, 1.165) is 12.8 Å². The highest BCUT2D eigenvalue weighted by atomic mass is 16.5. The zero-order valence-corrected chi connectivity index (χ0v) is 8.91. The number of carbonyl (C=O) groups excluding carboxylic acids is 3. The third kappa shape index (κ3) is 8.67. The van der Waals surface area contributed by atoms with Crippen molar-refractivity contribution in [3.8, 4) is 0 Å². The monoisotopic (exact) mass is 213 g/mol. The molecule has 0 bridgehead atoms. The number of nitrogens with one attached hydrogen (secondary N) is 1. The lowest BCUT2D eigenvalue weighted by atomic mass is 10.4. The zero-order chi connectivity index (χ0) is 11.7. The Morgan fingerprint density at radius 1 is 1.33 bits per heavy atom. The van der Waals surface area contributed by atoms with E-state index >= 15 is 0 Å². The molecule has 0 spiro atoms. The molecule has 5 nitrogen and oxygen atoms in total. The molecular formula is C10H15NO4. The summed E-state index contributed by atoms with van der Waals surface area (Å²) in [5, 5.41) is 2.03. The Morgan fingerprint density at radius 3 is 2.13 bits per heavy atom. The molecule has 0 aliphatic carbocycles. The summed E-state index contributed by atoms with van der Waals surface area (Å²) in [6.07, 6.45) is 4.44. The van der Waals surface area contributed by atoms with Gasteiger partial charge < -0.3 is 4.74 Å². The van der Waals surface area contributed by atoms with Crippen molar-refractivity contribution in [3.63, 3.8) is 0 Å². The molecule has 0 aromatic heterocycles. The summed E-state index contributed by atoms with van der Waals surface area (Å²) in [6.45, 7) is 4.06. The second kappa shape index (κ2) is 7.73. The first-order valence-electron chi connectivity index (χ1n) is 4.72. The Hall–Kier alpha value is -1.65. The summed E-state index contributed by atoms with van der Waals surface area (Å²) in [5.41, 5.74) is 0. The molecule has 0 saturated heterocycles. The largest absolute Gasteiger partial charge is 0.466 e. The maximum Gasteiger partial charge on any atom is 0.302 e. The average molecular weight is 213 g/mol. The number of imide groups is 1. The first-order valence-corrected chi connectivity index (χ1v) is 4.72. The molecule has 0 unspecified atom stereocenters. The van der Waals surface area contributed by atoms with E-state index in [4.69, 9.17) is 0 Å². The number of amides is 2. The molecule has 0 fully saturated rings. The molecule has 1 N–H and O–H groups in total. The maximum absolute atomic E-state index is 10.1. The molecule has 0 saturated carbocycles. The van der Waals surface area contributed by atoms with Crippen molar-refractivity contribution >= 4 is 17.8 Å². The number of hydrogen-bond acceptors (Lipinski definition) is 4. The Kier molecular flexibility index (Phi) is 6.88. The van der Waals surface area contributed by atoms with Crippen molar-refractivity contribution in [2.75, 3.05) is 6.61 Å². The van der Waals surface area contributed by atoms with Crippen LogP contribution in [0.4, 0.5) is 0 Å². The Bertz CT molecular complexity index is 255. The lowest BCUT2D eigenvalue weighted by Gasteiger charge is -1.96. The smallest absolute Gasteiger partial charge is 0.302 e. The summed E-state index contributed by atoms with van der Waals surface area (Å²) in [6, 6.07) is 0. The minimum absolute atomic E-state index is 0.182. The van der Waals surface area contributed by atoms with Gasteiger partial charge >= 0.3 is 5.97 Å². The molecule has 1 rings (SSSR count). The third-order valence-corrected chi connectivity index (χ3v) is 1.44. The van der Waals surface area contributed by atoms with Crippen LogP contribution in [0.3, 0.4) is 0 Å². The van der Waals surface area contributed by atoms with Crippen molar-refractivity contribution < 1.29 is 19.1 Å². The lowest BCUT2D eigenvalue weighted by molar-refractivity contribution is -0.141. The van der Waals surface area contributed by atoms with Crippen LogP contribution in [-0.4, -0.2) is 24.4 Å². The fraction of sp³-hybridized carbons (Fsp3) is 0.500. The highest BCUT2D eigenvalue weighted by Gasteiger charge is 2.06. The van der Waals surface area contributed by atoms with Gasteiger partial charge in [-0.2, -0.15) is 0 Å². The van der Waals surface area contributed by atoms with E-state index in [1.165, 1.54) is 19.1 Å². The van der Waals surface area contributed by atoms with Crippen molar-refractivity contribution in [2.45, 2.75) is 26.7 Å². The van der Waals surface area contributed by atoms with E-state index in [-0.39, 0.29) is 17.8 Å². The molecule has 5 heteroatoms. The molecule has 1 aliphatic rings. The molecule has 0 aromatic rings. The average Bonchev–Trinajstić information content (AvgIpc) is 2.51. The minimum atomic E-state index is -0.329. The summed E-state index contributed by atoms with van der Waals surface area (Å²) >= 11 is 0. The summed E-state index contributed by atoms with van der Waals surface area (Å²) < 4.78 is 4.64. The Labute approximate surface area is 88.5 Å². The predicted octanol–water partition coefficient (Wildman–Crippen LogP) is 0.549. The van der Waals surface area contributed by atoms with Crippen molar-refractivity contribution in [3.05, 3.63) is 12.2 Å². The van der Waals surface area contributed by atoms with E-state index in [1.54, 1.807) is 0 Å². The summed E-state index contributed by atoms with van der Waals surface area (Å²) in [5.74, 6) is -0.839. The number of hydrogen-bond donors (Lipinski definition) is 1. The van der Waals surface area contributed by atoms with E-state index in [0.29, 0.717) is 6.61 Å². The molecular weight excluding hydrogens is 198 g/mol. The van der Waals surface area contributed by atoms with Crippen LogP contribution in [0.1, 0.15) is 26.7 Å². The zero-order valence-electron chi connectivity index (χ0n) is 8.91. The van der Waals surface area contributed by atoms with Gasteiger partial charge in [-0.15, -0.1) is 0 Å². The number of rotatable bonds is 3. The van der Waals surface area contributed by atoms with E-state index in [1.807, 2.05) is 5.32 Å². The van der Waals surface area contributed by atoms with E-state index in [9.17, 15) is 14.4 Å². The topological polar surface area (TPSA) is 72.5 Å². The predicted molar refractivity (Wildman–Crippen MR) is 53.8 cm³/mol.